The lowest BCUT2D eigenvalue weighted by Gasteiger charge is -2.26. The fourth-order valence-corrected chi connectivity index (χ4v) is 4.17. The van der Waals surface area contributed by atoms with Gasteiger partial charge in [-0.25, -0.2) is 9.59 Å². The number of rotatable bonds is 5. The van der Waals surface area contributed by atoms with Crippen molar-refractivity contribution in [3.05, 3.63) is 88.4 Å². The van der Waals surface area contributed by atoms with Gasteiger partial charge in [0, 0.05) is 10.9 Å². The molecule has 1 aliphatic carbocycles. The molecule has 4 rings (SSSR count). The van der Waals surface area contributed by atoms with Gasteiger partial charge in [0.05, 0.1) is 11.3 Å². The van der Waals surface area contributed by atoms with Crippen molar-refractivity contribution < 1.29 is 32.6 Å². The summed E-state index contributed by atoms with van der Waals surface area (Å²) in [4.78, 5) is 24.7. The van der Waals surface area contributed by atoms with Crippen LogP contribution in [0.5, 0.6) is 0 Å². The highest BCUT2D eigenvalue weighted by atomic mass is 35.5. The molecule has 0 radical (unpaired) electrons. The van der Waals surface area contributed by atoms with E-state index in [-0.39, 0.29) is 22.4 Å². The highest BCUT2D eigenvalue weighted by Crippen LogP contribution is 2.44. The average Bonchev–Trinajstić information content (AvgIpc) is 3.09. The Labute approximate surface area is 192 Å². The summed E-state index contributed by atoms with van der Waals surface area (Å²) in [6.07, 6.45) is -6.12. The molecule has 1 amide bonds. The molecule has 0 atom stereocenters. The van der Waals surface area contributed by atoms with Crippen LogP contribution in [0.3, 0.4) is 0 Å². The summed E-state index contributed by atoms with van der Waals surface area (Å²) in [6.45, 7) is -1.95. The van der Waals surface area contributed by atoms with Crippen LogP contribution in [0.4, 0.5) is 23.7 Å². The Balaban J connectivity index is 1.64. The van der Waals surface area contributed by atoms with Crippen LogP contribution in [0.1, 0.15) is 27.4 Å². The molecule has 0 aliphatic heterocycles. The van der Waals surface area contributed by atoms with E-state index in [4.69, 9.17) is 16.3 Å². The number of carboxylic acids is 1. The number of hydrogen-bond donors (Lipinski definition) is 1. The second kappa shape index (κ2) is 8.78. The molecule has 0 bridgehead atoms. The number of anilines is 1. The van der Waals surface area contributed by atoms with E-state index in [2.05, 4.69) is 0 Å². The summed E-state index contributed by atoms with van der Waals surface area (Å²) < 4.78 is 45.2. The first-order chi connectivity index (χ1) is 15.7. The number of ether oxygens (including phenoxy) is 1. The van der Waals surface area contributed by atoms with Crippen molar-refractivity contribution in [2.75, 3.05) is 18.1 Å². The summed E-state index contributed by atoms with van der Waals surface area (Å²) >= 11 is 5.88. The van der Waals surface area contributed by atoms with Crippen LogP contribution in [-0.2, 0) is 4.74 Å². The SMILES string of the molecule is O=C(O)c1ccc(Cl)cc1N(CC(F)(F)F)C(=O)OCC1c2ccccc2-c2ccccc21. The molecule has 33 heavy (non-hydrogen) atoms. The van der Waals surface area contributed by atoms with Crippen LogP contribution in [0.25, 0.3) is 11.1 Å². The summed E-state index contributed by atoms with van der Waals surface area (Å²) in [6, 6.07) is 18.3. The Bertz CT molecular complexity index is 1180. The molecule has 1 aliphatic rings. The van der Waals surface area contributed by atoms with Gasteiger partial charge < -0.3 is 9.84 Å². The van der Waals surface area contributed by atoms with Gasteiger partial charge >= 0.3 is 18.2 Å². The normalized spacial score (nSPS) is 12.7. The van der Waals surface area contributed by atoms with E-state index in [1.165, 1.54) is 6.07 Å². The maximum absolute atomic E-state index is 13.3. The zero-order valence-electron chi connectivity index (χ0n) is 17.0. The monoisotopic (exact) mass is 475 g/mol. The lowest BCUT2D eigenvalue weighted by molar-refractivity contribution is -0.119. The minimum absolute atomic E-state index is 0.0198. The summed E-state index contributed by atoms with van der Waals surface area (Å²) in [5.41, 5.74) is 2.71. The zero-order chi connectivity index (χ0) is 23.8. The number of nitrogens with zero attached hydrogens (tertiary/aromatic N) is 1. The second-order valence-corrected chi connectivity index (χ2v) is 7.91. The Morgan fingerprint density at radius 2 is 1.55 bits per heavy atom. The number of carbonyl (C=O) groups excluding carboxylic acids is 1. The highest BCUT2D eigenvalue weighted by Gasteiger charge is 2.37. The van der Waals surface area contributed by atoms with Gasteiger partial charge in [-0.3, -0.25) is 4.90 Å². The van der Waals surface area contributed by atoms with Crippen LogP contribution < -0.4 is 4.90 Å². The number of carboxylic acid groups (broad SMARTS) is 1. The predicted molar refractivity (Wildman–Crippen MR) is 117 cm³/mol. The Kier molecular flexibility index (Phi) is 6.03. The molecule has 3 aromatic rings. The van der Waals surface area contributed by atoms with Gasteiger partial charge in [0.1, 0.15) is 13.2 Å². The number of benzene rings is 3. The highest BCUT2D eigenvalue weighted by molar-refractivity contribution is 6.31. The third kappa shape index (κ3) is 4.66. The molecule has 0 heterocycles. The van der Waals surface area contributed by atoms with E-state index in [1.807, 2.05) is 48.5 Å². The molecule has 0 saturated carbocycles. The first kappa shape index (κ1) is 22.7. The van der Waals surface area contributed by atoms with E-state index in [0.29, 0.717) is 0 Å². The second-order valence-electron chi connectivity index (χ2n) is 7.47. The molecular weight excluding hydrogens is 459 g/mol. The van der Waals surface area contributed by atoms with Gasteiger partial charge in [-0.2, -0.15) is 13.2 Å². The number of fused-ring (bicyclic) bond motifs is 3. The van der Waals surface area contributed by atoms with Crippen molar-refractivity contribution in [2.24, 2.45) is 0 Å². The van der Waals surface area contributed by atoms with E-state index in [1.54, 1.807) is 0 Å². The van der Waals surface area contributed by atoms with Crippen molar-refractivity contribution in [2.45, 2.75) is 12.1 Å². The van der Waals surface area contributed by atoms with Gasteiger partial charge in [0.2, 0.25) is 0 Å². The Morgan fingerprint density at radius 3 is 2.09 bits per heavy atom. The topological polar surface area (TPSA) is 66.8 Å². The number of carbonyl (C=O) groups is 2. The molecule has 0 saturated heterocycles. The lowest BCUT2D eigenvalue weighted by atomic mass is 9.98. The number of aromatic carboxylic acids is 1. The maximum atomic E-state index is 13.3. The molecule has 0 aromatic heterocycles. The van der Waals surface area contributed by atoms with Crippen LogP contribution in [0.15, 0.2) is 66.7 Å². The maximum Gasteiger partial charge on any atom is 0.414 e. The average molecular weight is 476 g/mol. The molecule has 0 unspecified atom stereocenters. The van der Waals surface area contributed by atoms with Gasteiger partial charge in [0.25, 0.3) is 0 Å². The van der Waals surface area contributed by atoms with Crippen LogP contribution in [0, 0.1) is 0 Å². The first-order valence-corrected chi connectivity index (χ1v) is 10.3. The largest absolute Gasteiger partial charge is 0.478 e. The smallest absolute Gasteiger partial charge is 0.414 e. The van der Waals surface area contributed by atoms with Gasteiger partial charge in [-0.15, -0.1) is 0 Å². The number of hydrogen-bond acceptors (Lipinski definition) is 3. The third-order valence-electron chi connectivity index (χ3n) is 5.37. The number of amides is 1. The van der Waals surface area contributed by atoms with Crippen molar-refractivity contribution in [1.29, 1.82) is 0 Å². The lowest BCUT2D eigenvalue weighted by Crippen LogP contribution is -2.40. The molecular formula is C24H17ClF3NO4. The fraction of sp³-hybridized carbons (Fsp3) is 0.167. The summed E-state index contributed by atoms with van der Waals surface area (Å²) in [5, 5.41) is 9.38. The van der Waals surface area contributed by atoms with Crippen molar-refractivity contribution in [1.82, 2.24) is 0 Å². The Morgan fingerprint density at radius 1 is 0.970 bits per heavy atom. The summed E-state index contributed by atoms with van der Waals surface area (Å²) in [5.74, 6) is -1.87. The van der Waals surface area contributed by atoms with Crippen LogP contribution in [0.2, 0.25) is 5.02 Å². The molecule has 1 N–H and O–H groups in total. The summed E-state index contributed by atoms with van der Waals surface area (Å²) in [7, 11) is 0. The van der Waals surface area contributed by atoms with Gasteiger partial charge in [-0.05, 0) is 40.5 Å². The minimum Gasteiger partial charge on any atom is -0.478 e. The van der Waals surface area contributed by atoms with E-state index in [0.717, 1.165) is 34.4 Å². The molecule has 5 nitrogen and oxygen atoms in total. The van der Waals surface area contributed by atoms with Gasteiger partial charge in [0.15, 0.2) is 0 Å². The number of halogens is 4. The number of alkyl halides is 3. The minimum atomic E-state index is -4.80. The van der Waals surface area contributed by atoms with E-state index in [9.17, 15) is 27.9 Å². The zero-order valence-corrected chi connectivity index (χ0v) is 17.7. The molecule has 170 valence electrons. The third-order valence-corrected chi connectivity index (χ3v) is 5.61. The van der Waals surface area contributed by atoms with Crippen molar-refractivity contribution >= 4 is 29.4 Å². The fourth-order valence-electron chi connectivity index (χ4n) is 4.01. The van der Waals surface area contributed by atoms with Crippen LogP contribution in [-0.4, -0.2) is 36.5 Å². The van der Waals surface area contributed by atoms with Gasteiger partial charge in [-0.1, -0.05) is 60.1 Å². The molecule has 0 spiro atoms. The standard InChI is InChI=1S/C24H17ClF3NO4/c25-14-9-10-19(22(30)31)21(11-14)29(13-24(26,27)28)23(32)33-12-20-17-7-3-1-5-15(17)16-6-2-4-8-18(16)20/h1-11,20H,12-13H2,(H,30,31). The van der Waals surface area contributed by atoms with Crippen molar-refractivity contribution in [3.63, 3.8) is 0 Å². The van der Waals surface area contributed by atoms with E-state index < -0.39 is 36.0 Å². The van der Waals surface area contributed by atoms with E-state index >= 15 is 0 Å². The Hall–Kier alpha value is -3.52. The molecule has 9 heteroatoms. The quantitative estimate of drug-likeness (QED) is 0.466. The first-order valence-electron chi connectivity index (χ1n) is 9.88. The van der Waals surface area contributed by atoms with Crippen molar-refractivity contribution in [3.8, 4) is 11.1 Å². The predicted octanol–water partition coefficient (Wildman–Crippen LogP) is 6.36. The molecule has 3 aromatic carbocycles. The molecule has 0 fully saturated rings. The van der Waals surface area contributed by atoms with Crippen LogP contribution >= 0.6 is 11.6 Å².